The van der Waals surface area contributed by atoms with Crippen molar-refractivity contribution in [3.63, 3.8) is 0 Å². The van der Waals surface area contributed by atoms with Crippen LogP contribution in [0.3, 0.4) is 0 Å². The second-order valence-electron chi connectivity index (χ2n) is 7.05. The first kappa shape index (κ1) is 19.8. The van der Waals surface area contributed by atoms with Crippen LogP contribution in [0.15, 0.2) is 91.0 Å². The molecule has 0 aromatic heterocycles. The Morgan fingerprint density at radius 2 is 1.07 bits per heavy atom. The molecule has 0 saturated carbocycles. The molecule has 3 aromatic rings. The largest absolute Gasteiger partial charge is 0.467 e. The first-order valence-electron chi connectivity index (χ1n) is 9.21. The molecule has 0 amide bonds. The third-order valence-electron chi connectivity index (χ3n) is 4.76. The Bertz CT molecular complexity index is 796. The number of carbonyl (C=O) groups is 1. The van der Waals surface area contributed by atoms with Gasteiger partial charge < -0.3 is 4.74 Å². The molecule has 0 bridgehead atoms. The Balaban J connectivity index is 2.18. The van der Waals surface area contributed by atoms with Crippen molar-refractivity contribution >= 4 is 5.97 Å². The predicted octanol–water partition coefficient (Wildman–Crippen LogP) is 4.45. The number of methoxy groups -OCH3 is 1. The van der Waals surface area contributed by atoms with E-state index in [2.05, 4.69) is 5.48 Å². The zero-order valence-electron chi connectivity index (χ0n) is 16.4. The molecule has 0 aliphatic carbocycles. The summed E-state index contributed by atoms with van der Waals surface area (Å²) in [5.74, 6) is -0.455. The fourth-order valence-corrected chi connectivity index (χ4v) is 3.23. The quantitative estimate of drug-likeness (QED) is 0.376. The Morgan fingerprint density at radius 1 is 0.714 bits per heavy atom. The van der Waals surface area contributed by atoms with Gasteiger partial charge in [-0.1, -0.05) is 91.0 Å². The maximum Gasteiger partial charge on any atom is 0.339 e. The Morgan fingerprint density at radius 3 is 1.39 bits per heavy atom. The molecule has 0 radical (unpaired) electrons. The van der Waals surface area contributed by atoms with Crippen LogP contribution >= 0.6 is 0 Å². The van der Waals surface area contributed by atoms with Crippen molar-refractivity contribution in [2.75, 3.05) is 7.11 Å². The maximum absolute atomic E-state index is 12.2. The van der Waals surface area contributed by atoms with Crippen LogP contribution in [-0.4, -0.2) is 18.7 Å². The first-order valence-corrected chi connectivity index (χ1v) is 9.21. The number of hydrogen-bond acceptors (Lipinski definition) is 4. The summed E-state index contributed by atoms with van der Waals surface area (Å²) < 4.78 is 4.89. The van der Waals surface area contributed by atoms with E-state index in [1.165, 1.54) is 7.11 Å². The van der Waals surface area contributed by atoms with Crippen LogP contribution in [-0.2, 0) is 19.9 Å². The van der Waals surface area contributed by atoms with Crippen molar-refractivity contribution in [1.29, 1.82) is 0 Å². The van der Waals surface area contributed by atoms with Gasteiger partial charge in [0.25, 0.3) is 0 Å². The number of hydroxylamine groups is 1. The highest BCUT2D eigenvalue weighted by Crippen LogP contribution is 2.37. The van der Waals surface area contributed by atoms with E-state index >= 15 is 0 Å². The van der Waals surface area contributed by atoms with Gasteiger partial charge in [-0.25, -0.2) is 4.79 Å². The van der Waals surface area contributed by atoms with E-state index in [0.717, 1.165) is 16.7 Å². The molecule has 3 aromatic carbocycles. The van der Waals surface area contributed by atoms with Gasteiger partial charge in [0.05, 0.1) is 7.11 Å². The molecule has 4 heteroatoms. The monoisotopic (exact) mass is 375 g/mol. The van der Waals surface area contributed by atoms with Crippen LogP contribution in [0, 0.1) is 0 Å². The summed E-state index contributed by atoms with van der Waals surface area (Å²) in [4.78, 5) is 18.2. The molecule has 1 N–H and O–H groups in total. The number of ether oxygens (including phenoxy) is 1. The molecular formula is C24H25NO3. The zero-order chi connectivity index (χ0) is 20.0. The molecule has 0 heterocycles. The summed E-state index contributed by atoms with van der Waals surface area (Å²) in [6.45, 7) is 3.36. The van der Waals surface area contributed by atoms with Crippen molar-refractivity contribution in [3.05, 3.63) is 108 Å². The fraction of sp³-hybridized carbons (Fsp3) is 0.208. The summed E-state index contributed by atoms with van der Waals surface area (Å²) in [5.41, 5.74) is 4.24. The minimum absolute atomic E-state index is 0.455. The summed E-state index contributed by atoms with van der Waals surface area (Å²) in [7, 11) is 1.35. The van der Waals surface area contributed by atoms with Crippen molar-refractivity contribution in [2.45, 2.75) is 25.0 Å². The molecule has 3 rings (SSSR count). The second-order valence-corrected chi connectivity index (χ2v) is 7.05. The fourth-order valence-electron chi connectivity index (χ4n) is 3.23. The van der Waals surface area contributed by atoms with Gasteiger partial charge in [0.15, 0.2) is 5.60 Å². The molecule has 0 fully saturated rings. The van der Waals surface area contributed by atoms with Gasteiger partial charge in [-0.2, -0.15) is 5.48 Å². The molecule has 0 saturated heterocycles. The van der Waals surface area contributed by atoms with E-state index in [-0.39, 0.29) is 0 Å². The molecule has 144 valence electrons. The number of hydrogen-bond donors (Lipinski definition) is 1. The van der Waals surface area contributed by atoms with Crippen molar-refractivity contribution in [1.82, 2.24) is 5.48 Å². The van der Waals surface area contributed by atoms with Crippen molar-refractivity contribution < 1.29 is 14.4 Å². The van der Waals surface area contributed by atoms with Gasteiger partial charge in [-0.15, -0.1) is 0 Å². The van der Waals surface area contributed by atoms with Crippen LogP contribution in [0.2, 0.25) is 0 Å². The van der Waals surface area contributed by atoms with Gasteiger partial charge in [-0.05, 0) is 30.5 Å². The van der Waals surface area contributed by atoms with Crippen LogP contribution in [0.1, 0.15) is 30.5 Å². The Hall–Kier alpha value is -2.95. The Labute approximate surface area is 166 Å². The normalized spacial score (nSPS) is 11.8. The third kappa shape index (κ3) is 3.84. The lowest BCUT2D eigenvalue weighted by Gasteiger charge is -2.38. The highest BCUT2D eigenvalue weighted by Gasteiger charge is 2.40. The number of nitrogens with one attached hydrogen (secondary N) is 1. The number of benzene rings is 3. The van der Waals surface area contributed by atoms with Crippen molar-refractivity contribution in [3.8, 4) is 0 Å². The Kier molecular flexibility index (Phi) is 5.93. The van der Waals surface area contributed by atoms with E-state index in [9.17, 15) is 4.79 Å². The van der Waals surface area contributed by atoms with E-state index in [4.69, 9.17) is 9.57 Å². The smallest absolute Gasteiger partial charge is 0.339 e. The van der Waals surface area contributed by atoms with Gasteiger partial charge in [0.2, 0.25) is 0 Å². The van der Waals surface area contributed by atoms with Crippen LogP contribution < -0.4 is 5.48 Å². The average Bonchev–Trinajstić information content (AvgIpc) is 2.76. The predicted molar refractivity (Wildman–Crippen MR) is 110 cm³/mol. The molecule has 4 nitrogen and oxygen atoms in total. The average molecular weight is 375 g/mol. The summed E-state index contributed by atoms with van der Waals surface area (Å²) in [6.07, 6.45) is 0. The van der Waals surface area contributed by atoms with Crippen LogP contribution in [0.25, 0.3) is 0 Å². The molecule has 0 unspecified atom stereocenters. The summed E-state index contributed by atoms with van der Waals surface area (Å²) in [6, 6.07) is 30.1. The van der Waals surface area contributed by atoms with Crippen molar-refractivity contribution in [2.24, 2.45) is 0 Å². The van der Waals surface area contributed by atoms with Gasteiger partial charge in [0, 0.05) is 0 Å². The first-order chi connectivity index (χ1) is 13.5. The maximum atomic E-state index is 12.2. The molecule has 28 heavy (non-hydrogen) atoms. The van der Waals surface area contributed by atoms with E-state index in [1.807, 2.05) is 91.0 Å². The van der Waals surface area contributed by atoms with E-state index < -0.39 is 17.1 Å². The summed E-state index contributed by atoms with van der Waals surface area (Å²) >= 11 is 0. The lowest BCUT2D eigenvalue weighted by molar-refractivity contribution is -0.179. The molecule has 0 atom stereocenters. The van der Waals surface area contributed by atoms with E-state index in [1.54, 1.807) is 13.8 Å². The number of rotatable bonds is 7. The molecule has 0 aliphatic rings. The third-order valence-corrected chi connectivity index (χ3v) is 4.76. The van der Waals surface area contributed by atoms with Gasteiger partial charge in [-0.3, -0.25) is 4.84 Å². The topological polar surface area (TPSA) is 47.6 Å². The van der Waals surface area contributed by atoms with Crippen LogP contribution in [0.4, 0.5) is 0 Å². The van der Waals surface area contributed by atoms with E-state index in [0.29, 0.717) is 0 Å². The SMILES string of the molecule is COC(=O)C(C)(C)ONC(c1ccccc1)(c1ccccc1)c1ccccc1. The molecular weight excluding hydrogens is 350 g/mol. The highest BCUT2D eigenvalue weighted by atomic mass is 16.7. The summed E-state index contributed by atoms with van der Waals surface area (Å²) in [5, 5.41) is 0. The molecule has 0 spiro atoms. The van der Waals surface area contributed by atoms with Gasteiger partial charge >= 0.3 is 5.97 Å². The lowest BCUT2D eigenvalue weighted by atomic mass is 9.78. The number of esters is 1. The number of carbonyl (C=O) groups excluding carboxylic acids is 1. The standard InChI is InChI=1S/C24H25NO3/c1-23(2,22(26)27-3)28-25-24(19-13-7-4-8-14-19,20-15-9-5-10-16-20)21-17-11-6-12-18-21/h4-18,25H,1-3H3. The van der Waals surface area contributed by atoms with Crippen LogP contribution in [0.5, 0.6) is 0 Å². The zero-order valence-corrected chi connectivity index (χ0v) is 16.4. The van der Waals surface area contributed by atoms with Gasteiger partial charge in [0.1, 0.15) is 5.54 Å². The minimum Gasteiger partial charge on any atom is -0.467 e. The minimum atomic E-state index is -1.17. The molecule has 0 aliphatic heterocycles. The highest BCUT2D eigenvalue weighted by molar-refractivity contribution is 5.78. The lowest BCUT2D eigenvalue weighted by Crippen LogP contribution is -2.51. The second kappa shape index (κ2) is 8.38.